The van der Waals surface area contributed by atoms with Gasteiger partial charge in [-0.15, -0.1) is 0 Å². The summed E-state index contributed by atoms with van der Waals surface area (Å²) in [6, 6.07) is 6.63. The van der Waals surface area contributed by atoms with E-state index in [4.69, 9.17) is 5.73 Å². The minimum Gasteiger partial charge on any atom is -0.345 e. The molecule has 2 heteroatoms. The molecule has 0 amide bonds. The summed E-state index contributed by atoms with van der Waals surface area (Å²) in [6.45, 7) is 10.8. The predicted octanol–water partition coefficient (Wildman–Crippen LogP) is 4.15. The number of hydrogen-bond donors (Lipinski definition) is 1. The zero-order valence-corrected chi connectivity index (χ0v) is 12.7. The summed E-state index contributed by atoms with van der Waals surface area (Å²) in [7, 11) is 0. The molecule has 0 bridgehead atoms. The van der Waals surface area contributed by atoms with Crippen LogP contribution in [0.25, 0.3) is 10.9 Å². The van der Waals surface area contributed by atoms with Gasteiger partial charge in [0, 0.05) is 29.7 Å². The first-order valence-corrected chi connectivity index (χ1v) is 7.33. The minimum absolute atomic E-state index is 0.618. The summed E-state index contributed by atoms with van der Waals surface area (Å²) in [5.74, 6) is 0.784. The Hall–Kier alpha value is -1.28. The monoisotopic (exact) mass is 258 g/mol. The average Bonchev–Trinajstić information content (AvgIpc) is 2.63. The smallest absolute Gasteiger partial charge is 0.0485 e. The normalized spacial score (nSPS) is 11.7. The molecule has 0 unspecified atom stereocenters. The van der Waals surface area contributed by atoms with Crippen LogP contribution in [-0.4, -0.2) is 4.57 Å². The van der Waals surface area contributed by atoms with Gasteiger partial charge in [0.15, 0.2) is 0 Å². The van der Waals surface area contributed by atoms with Crippen molar-refractivity contribution in [3.8, 4) is 0 Å². The van der Waals surface area contributed by atoms with Gasteiger partial charge in [0.05, 0.1) is 0 Å². The lowest BCUT2D eigenvalue weighted by molar-refractivity contribution is 0.514. The third-order valence-corrected chi connectivity index (χ3v) is 4.10. The van der Waals surface area contributed by atoms with E-state index >= 15 is 0 Å². The van der Waals surface area contributed by atoms with Gasteiger partial charge >= 0.3 is 0 Å². The Morgan fingerprint density at radius 2 is 1.95 bits per heavy atom. The number of aromatic nitrogens is 1. The number of nitrogens with zero attached hydrogens (tertiary/aromatic N) is 1. The van der Waals surface area contributed by atoms with Crippen LogP contribution in [0.15, 0.2) is 18.2 Å². The molecule has 0 spiro atoms. The van der Waals surface area contributed by atoms with Gasteiger partial charge in [-0.1, -0.05) is 19.9 Å². The van der Waals surface area contributed by atoms with Crippen molar-refractivity contribution in [2.75, 3.05) is 0 Å². The van der Waals surface area contributed by atoms with Crippen molar-refractivity contribution >= 4 is 10.9 Å². The predicted molar refractivity (Wildman–Crippen MR) is 83.4 cm³/mol. The zero-order chi connectivity index (χ0) is 14.0. The Morgan fingerprint density at radius 3 is 2.58 bits per heavy atom. The van der Waals surface area contributed by atoms with Gasteiger partial charge in [0.25, 0.3) is 0 Å². The SMILES string of the molecule is Cc1c(C)n(CCCC(C)C)c2ccc(CN)cc12. The van der Waals surface area contributed by atoms with E-state index < -0.39 is 0 Å². The van der Waals surface area contributed by atoms with E-state index in [1.54, 1.807) is 0 Å². The molecule has 1 aromatic heterocycles. The molecule has 1 aromatic carbocycles. The first kappa shape index (κ1) is 14.1. The zero-order valence-electron chi connectivity index (χ0n) is 12.7. The highest BCUT2D eigenvalue weighted by Crippen LogP contribution is 2.26. The Kier molecular flexibility index (Phi) is 4.31. The van der Waals surface area contributed by atoms with E-state index in [9.17, 15) is 0 Å². The standard InChI is InChI=1S/C17H26N2/c1-12(2)6-5-9-19-14(4)13(3)16-10-15(11-18)7-8-17(16)19/h7-8,10,12H,5-6,9,11,18H2,1-4H3. The molecule has 0 fully saturated rings. The Labute approximate surface area is 116 Å². The summed E-state index contributed by atoms with van der Waals surface area (Å²) in [5, 5.41) is 1.37. The molecule has 1 heterocycles. The topological polar surface area (TPSA) is 30.9 Å². The molecule has 0 aliphatic carbocycles. The van der Waals surface area contributed by atoms with Crippen LogP contribution in [0.2, 0.25) is 0 Å². The van der Waals surface area contributed by atoms with Crippen molar-refractivity contribution in [2.24, 2.45) is 11.7 Å². The van der Waals surface area contributed by atoms with Crippen LogP contribution in [0.1, 0.15) is 43.5 Å². The minimum atomic E-state index is 0.618. The molecule has 2 aromatic rings. The van der Waals surface area contributed by atoms with Crippen LogP contribution >= 0.6 is 0 Å². The van der Waals surface area contributed by atoms with E-state index in [0.717, 1.165) is 12.5 Å². The number of aryl methyl sites for hydroxylation is 2. The molecular formula is C17H26N2. The van der Waals surface area contributed by atoms with Gasteiger partial charge in [-0.3, -0.25) is 0 Å². The van der Waals surface area contributed by atoms with Crippen LogP contribution in [0.3, 0.4) is 0 Å². The summed E-state index contributed by atoms with van der Waals surface area (Å²) >= 11 is 0. The lowest BCUT2D eigenvalue weighted by atomic mass is 10.1. The molecule has 0 saturated carbocycles. The van der Waals surface area contributed by atoms with Crippen LogP contribution < -0.4 is 5.73 Å². The van der Waals surface area contributed by atoms with Gasteiger partial charge in [-0.2, -0.15) is 0 Å². The van der Waals surface area contributed by atoms with E-state index in [-0.39, 0.29) is 0 Å². The maximum Gasteiger partial charge on any atom is 0.0485 e. The van der Waals surface area contributed by atoms with Crippen LogP contribution in [0, 0.1) is 19.8 Å². The first-order chi connectivity index (χ1) is 9.04. The summed E-state index contributed by atoms with van der Waals surface area (Å²) < 4.78 is 2.47. The number of benzene rings is 1. The second kappa shape index (κ2) is 5.79. The van der Waals surface area contributed by atoms with Crippen LogP contribution in [0.5, 0.6) is 0 Å². The molecule has 0 aliphatic rings. The molecule has 2 N–H and O–H groups in total. The first-order valence-electron chi connectivity index (χ1n) is 7.33. The highest BCUT2D eigenvalue weighted by molar-refractivity contribution is 5.86. The van der Waals surface area contributed by atoms with Crippen LogP contribution in [0.4, 0.5) is 0 Å². The van der Waals surface area contributed by atoms with Crippen molar-refractivity contribution in [3.05, 3.63) is 35.0 Å². The molecule has 2 rings (SSSR count). The maximum absolute atomic E-state index is 5.74. The van der Waals surface area contributed by atoms with E-state index in [1.807, 2.05) is 0 Å². The fraction of sp³-hybridized carbons (Fsp3) is 0.529. The Bertz CT molecular complexity index is 564. The third kappa shape index (κ3) is 2.84. The van der Waals surface area contributed by atoms with Crippen molar-refractivity contribution in [3.63, 3.8) is 0 Å². The van der Waals surface area contributed by atoms with E-state index in [1.165, 1.54) is 40.6 Å². The van der Waals surface area contributed by atoms with Crippen LogP contribution in [-0.2, 0) is 13.1 Å². The van der Waals surface area contributed by atoms with Gasteiger partial charge in [-0.25, -0.2) is 0 Å². The van der Waals surface area contributed by atoms with Gasteiger partial charge < -0.3 is 10.3 Å². The molecule has 2 nitrogen and oxygen atoms in total. The molecular weight excluding hydrogens is 232 g/mol. The number of nitrogens with two attached hydrogens (primary N) is 1. The fourth-order valence-corrected chi connectivity index (χ4v) is 2.77. The fourth-order valence-electron chi connectivity index (χ4n) is 2.77. The number of hydrogen-bond acceptors (Lipinski definition) is 1. The molecule has 0 atom stereocenters. The molecule has 19 heavy (non-hydrogen) atoms. The quantitative estimate of drug-likeness (QED) is 0.858. The van der Waals surface area contributed by atoms with Gasteiger partial charge in [0.1, 0.15) is 0 Å². The maximum atomic E-state index is 5.74. The van der Waals surface area contributed by atoms with Crippen molar-refractivity contribution in [1.82, 2.24) is 4.57 Å². The molecule has 0 aliphatic heterocycles. The highest BCUT2D eigenvalue weighted by Gasteiger charge is 2.11. The molecule has 104 valence electrons. The Balaban J connectivity index is 2.35. The number of fused-ring (bicyclic) bond motifs is 1. The molecule has 0 radical (unpaired) electrons. The lowest BCUT2D eigenvalue weighted by Gasteiger charge is -2.10. The number of rotatable bonds is 5. The van der Waals surface area contributed by atoms with Crippen molar-refractivity contribution in [1.29, 1.82) is 0 Å². The second-order valence-corrected chi connectivity index (χ2v) is 5.95. The van der Waals surface area contributed by atoms with E-state index in [2.05, 4.69) is 50.5 Å². The average molecular weight is 258 g/mol. The van der Waals surface area contributed by atoms with Crippen molar-refractivity contribution < 1.29 is 0 Å². The largest absolute Gasteiger partial charge is 0.345 e. The molecule has 0 saturated heterocycles. The summed E-state index contributed by atoms with van der Waals surface area (Å²) in [4.78, 5) is 0. The summed E-state index contributed by atoms with van der Waals surface area (Å²) in [5.41, 5.74) is 11.1. The lowest BCUT2D eigenvalue weighted by Crippen LogP contribution is -2.02. The van der Waals surface area contributed by atoms with Gasteiger partial charge in [0.2, 0.25) is 0 Å². The summed E-state index contributed by atoms with van der Waals surface area (Å²) in [6.07, 6.45) is 2.54. The highest BCUT2D eigenvalue weighted by atomic mass is 15.0. The third-order valence-electron chi connectivity index (χ3n) is 4.10. The van der Waals surface area contributed by atoms with Crippen molar-refractivity contribution in [2.45, 2.75) is 53.6 Å². The van der Waals surface area contributed by atoms with Gasteiger partial charge in [-0.05, 0) is 55.9 Å². The second-order valence-electron chi connectivity index (χ2n) is 5.95. The van der Waals surface area contributed by atoms with E-state index in [0.29, 0.717) is 6.54 Å². The Morgan fingerprint density at radius 1 is 1.21 bits per heavy atom.